The molecule has 0 saturated heterocycles. The van der Waals surface area contributed by atoms with E-state index in [9.17, 15) is 9.59 Å². The predicted octanol–water partition coefficient (Wildman–Crippen LogP) is 5.43. The lowest BCUT2D eigenvalue weighted by molar-refractivity contribution is -0.173. The molecule has 6 heteroatoms. The molecule has 0 aromatic heterocycles. The van der Waals surface area contributed by atoms with Gasteiger partial charge in [-0.05, 0) is 19.3 Å². The van der Waals surface area contributed by atoms with Gasteiger partial charge in [-0.25, -0.2) is 0 Å². The van der Waals surface area contributed by atoms with E-state index < -0.39 is 22.2 Å². The van der Waals surface area contributed by atoms with Crippen LogP contribution in [0, 0.1) is 5.41 Å². The van der Waals surface area contributed by atoms with Crippen LogP contribution in [0.3, 0.4) is 0 Å². The SMILES string of the molecule is CCCCCCCCCOC(=O)C(CC)(CC)C(=O)OCC(Cl)Cl. The lowest BCUT2D eigenvalue weighted by Crippen LogP contribution is -2.41. The van der Waals surface area contributed by atoms with E-state index >= 15 is 0 Å². The highest BCUT2D eigenvalue weighted by Crippen LogP contribution is 2.30. The monoisotopic (exact) mass is 382 g/mol. The van der Waals surface area contributed by atoms with Crippen LogP contribution in [-0.2, 0) is 19.1 Å². The number of ether oxygens (including phenoxy) is 2. The maximum Gasteiger partial charge on any atom is 0.323 e. The summed E-state index contributed by atoms with van der Waals surface area (Å²) in [5, 5.41) is 0. The zero-order valence-electron chi connectivity index (χ0n) is 15.2. The van der Waals surface area contributed by atoms with Crippen molar-refractivity contribution in [2.45, 2.75) is 83.4 Å². The third kappa shape index (κ3) is 8.57. The number of carbonyl (C=O) groups excluding carboxylic acids is 2. The summed E-state index contributed by atoms with van der Waals surface area (Å²) in [6.45, 7) is 5.96. The first kappa shape index (κ1) is 23.5. The molecule has 0 aliphatic heterocycles. The highest BCUT2D eigenvalue weighted by atomic mass is 35.5. The molecule has 0 aliphatic carbocycles. The Morgan fingerprint density at radius 3 is 1.83 bits per heavy atom. The topological polar surface area (TPSA) is 52.6 Å². The molecule has 0 aromatic rings. The van der Waals surface area contributed by atoms with Crippen molar-refractivity contribution in [2.24, 2.45) is 5.41 Å². The van der Waals surface area contributed by atoms with E-state index in [1.165, 1.54) is 25.7 Å². The van der Waals surface area contributed by atoms with Crippen molar-refractivity contribution < 1.29 is 19.1 Å². The van der Waals surface area contributed by atoms with Crippen molar-refractivity contribution in [3.05, 3.63) is 0 Å². The van der Waals surface area contributed by atoms with Gasteiger partial charge in [0.05, 0.1) is 6.61 Å². The standard InChI is InChI=1S/C18H32Cl2O4/c1-4-7-8-9-10-11-12-13-23-16(21)18(5-2,6-3)17(22)24-14-15(19)20/h15H,4-14H2,1-3H3. The van der Waals surface area contributed by atoms with Crippen molar-refractivity contribution in [2.75, 3.05) is 13.2 Å². The molecule has 0 N–H and O–H groups in total. The zero-order chi connectivity index (χ0) is 18.4. The number of hydrogen-bond acceptors (Lipinski definition) is 4. The molecule has 4 nitrogen and oxygen atoms in total. The second kappa shape index (κ2) is 13.8. The fourth-order valence-corrected chi connectivity index (χ4v) is 2.68. The van der Waals surface area contributed by atoms with Crippen LogP contribution in [0.2, 0.25) is 0 Å². The summed E-state index contributed by atoms with van der Waals surface area (Å²) in [6, 6.07) is 0. The first-order chi connectivity index (χ1) is 11.4. The molecule has 0 saturated carbocycles. The fourth-order valence-electron chi connectivity index (χ4n) is 2.55. The van der Waals surface area contributed by atoms with Gasteiger partial charge in [0.25, 0.3) is 0 Å². The quantitative estimate of drug-likeness (QED) is 0.174. The Morgan fingerprint density at radius 1 is 0.833 bits per heavy atom. The predicted molar refractivity (Wildman–Crippen MR) is 98.4 cm³/mol. The smallest absolute Gasteiger partial charge is 0.323 e. The van der Waals surface area contributed by atoms with Crippen LogP contribution in [0.15, 0.2) is 0 Å². The Hall–Kier alpha value is -0.480. The summed E-state index contributed by atoms with van der Waals surface area (Å²) in [5.41, 5.74) is -1.26. The minimum absolute atomic E-state index is 0.130. The van der Waals surface area contributed by atoms with Crippen LogP contribution in [0.4, 0.5) is 0 Å². The Kier molecular flexibility index (Phi) is 13.5. The Labute approximate surface area is 156 Å². The minimum Gasteiger partial charge on any atom is -0.465 e. The molecular formula is C18H32Cl2O4. The highest BCUT2D eigenvalue weighted by Gasteiger charge is 2.46. The van der Waals surface area contributed by atoms with Crippen molar-refractivity contribution >= 4 is 35.1 Å². The molecule has 0 unspecified atom stereocenters. The lowest BCUT2D eigenvalue weighted by atomic mass is 9.82. The highest BCUT2D eigenvalue weighted by molar-refractivity contribution is 6.44. The number of esters is 2. The van der Waals surface area contributed by atoms with Gasteiger partial charge in [-0.2, -0.15) is 0 Å². The van der Waals surface area contributed by atoms with E-state index in [4.69, 9.17) is 32.7 Å². The first-order valence-electron chi connectivity index (χ1n) is 9.07. The van der Waals surface area contributed by atoms with Crippen LogP contribution >= 0.6 is 23.2 Å². The lowest BCUT2D eigenvalue weighted by Gasteiger charge is -2.27. The minimum atomic E-state index is -1.26. The molecule has 0 atom stereocenters. The van der Waals surface area contributed by atoms with E-state index in [1.807, 2.05) is 0 Å². The zero-order valence-corrected chi connectivity index (χ0v) is 16.8. The van der Waals surface area contributed by atoms with Gasteiger partial charge < -0.3 is 9.47 Å². The number of carbonyl (C=O) groups is 2. The van der Waals surface area contributed by atoms with Gasteiger partial charge in [-0.15, -0.1) is 23.2 Å². The first-order valence-corrected chi connectivity index (χ1v) is 9.94. The molecular weight excluding hydrogens is 351 g/mol. The molecule has 0 rings (SSSR count). The summed E-state index contributed by atoms with van der Waals surface area (Å²) in [6.07, 6.45) is 8.66. The second-order valence-corrected chi connectivity index (χ2v) is 7.31. The summed E-state index contributed by atoms with van der Waals surface area (Å²) < 4.78 is 10.4. The van der Waals surface area contributed by atoms with Gasteiger partial charge in [0.2, 0.25) is 0 Å². The van der Waals surface area contributed by atoms with Crippen molar-refractivity contribution in [1.29, 1.82) is 0 Å². The summed E-state index contributed by atoms with van der Waals surface area (Å²) in [4.78, 5) is 23.9. The van der Waals surface area contributed by atoms with E-state index in [0.717, 1.165) is 19.3 Å². The summed E-state index contributed by atoms with van der Waals surface area (Å²) >= 11 is 11.1. The molecule has 24 heavy (non-hydrogen) atoms. The van der Waals surface area contributed by atoms with Crippen LogP contribution in [0.5, 0.6) is 0 Å². The summed E-state index contributed by atoms with van der Waals surface area (Å²) in [5.74, 6) is -1.12. The molecule has 0 radical (unpaired) electrons. The molecule has 0 spiro atoms. The molecule has 0 fully saturated rings. The van der Waals surface area contributed by atoms with Gasteiger partial charge in [0, 0.05) is 0 Å². The number of halogens is 2. The van der Waals surface area contributed by atoms with Crippen molar-refractivity contribution in [3.63, 3.8) is 0 Å². The third-order valence-corrected chi connectivity index (χ3v) is 4.56. The van der Waals surface area contributed by atoms with Gasteiger partial charge in [-0.3, -0.25) is 9.59 Å². The Bertz CT molecular complexity index is 355. The largest absolute Gasteiger partial charge is 0.465 e. The van der Waals surface area contributed by atoms with Crippen LogP contribution in [0.1, 0.15) is 78.6 Å². The van der Waals surface area contributed by atoms with E-state index in [-0.39, 0.29) is 6.61 Å². The van der Waals surface area contributed by atoms with Gasteiger partial charge >= 0.3 is 11.9 Å². The number of alkyl halides is 2. The van der Waals surface area contributed by atoms with E-state index in [2.05, 4.69) is 6.92 Å². The molecule has 0 heterocycles. The fraction of sp³-hybridized carbons (Fsp3) is 0.889. The van der Waals surface area contributed by atoms with Gasteiger partial charge in [-0.1, -0.05) is 59.3 Å². The third-order valence-electron chi connectivity index (χ3n) is 4.31. The number of hydrogen-bond donors (Lipinski definition) is 0. The van der Waals surface area contributed by atoms with Gasteiger partial charge in [0.15, 0.2) is 5.41 Å². The Morgan fingerprint density at radius 2 is 1.33 bits per heavy atom. The molecule has 0 amide bonds. The van der Waals surface area contributed by atoms with E-state index in [1.54, 1.807) is 13.8 Å². The number of unbranched alkanes of at least 4 members (excludes halogenated alkanes) is 6. The molecule has 0 bridgehead atoms. The van der Waals surface area contributed by atoms with Crippen LogP contribution in [-0.4, -0.2) is 30.0 Å². The van der Waals surface area contributed by atoms with E-state index in [0.29, 0.717) is 19.4 Å². The molecule has 142 valence electrons. The Balaban J connectivity index is 4.26. The molecule has 0 aromatic carbocycles. The molecule has 0 aliphatic rings. The average Bonchev–Trinajstić information content (AvgIpc) is 2.57. The normalized spacial score (nSPS) is 11.6. The maximum absolute atomic E-state index is 12.4. The van der Waals surface area contributed by atoms with Crippen LogP contribution < -0.4 is 0 Å². The van der Waals surface area contributed by atoms with Gasteiger partial charge in [0.1, 0.15) is 11.4 Å². The average molecular weight is 383 g/mol. The maximum atomic E-state index is 12.4. The van der Waals surface area contributed by atoms with Crippen molar-refractivity contribution in [1.82, 2.24) is 0 Å². The van der Waals surface area contributed by atoms with Crippen LogP contribution in [0.25, 0.3) is 0 Å². The second-order valence-electron chi connectivity index (χ2n) is 6.04. The van der Waals surface area contributed by atoms with Crippen molar-refractivity contribution in [3.8, 4) is 0 Å². The summed E-state index contributed by atoms with van der Waals surface area (Å²) in [7, 11) is 0. The number of rotatable bonds is 14.